The molecule has 0 amide bonds. The van der Waals surface area contributed by atoms with Gasteiger partial charge in [0.05, 0.1) is 5.56 Å². The Labute approximate surface area is 106 Å². The molecule has 2 rings (SSSR count). The molecule has 0 bridgehead atoms. The van der Waals surface area contributed by atoms with Gasteiger partial charge >= 0.3 is 6.18 Å². The second kappa shape index (κ2) is 4.26. The van der Waals surface area contributed by atoms with E-state index in [1.165, 1.54) is 12.1 Å². The Morgan fingerprint density at radius 1 is 1.06 bits per heavy atom. The van der Waals surface area contributed by atoms with E-state index in [1.807, 2.05) is 0 Å². The molecule has 1 heterocycles. The highest BCUT2D eigenvalue weighted by molar-refractivity contribution is 5.35. The van der Waals surface area contributed by atoms with Crippen molar-refractivity contribution in [2.24, 2.45) is 0 Å². The van der Waals surface area contributed by atoms with Crippen LogP contribution in [0.2, 0.25) is 0 Å². The molecule has 18 heavy (non-hydrogen) atoms. The first-order valence-corrected chi connectivity index (χ1v) is 6.12. The van der Waals surface area contributed by atoms with Crippen LogP contribution in [0.4, 0.5) is 13.2 Å². The van der Waals surface area contributed by atoms with Gasteiger partial charge in [0.2, 0.25) is 0 Å². The summed E-state index contributed by atoms with van der Waals surface area (Å²) in [6.45, 7) is 7.77. The third-order valence-electron chi connectivity index (χ3n) is 3.49. The number of alkyl halides is 3. The molecule has 0 aromatic heterocycles. The fourth-order valence-electron chi connectivity index (χ4n) is 2.31. The molecule has 4 heteroatoms. The number of hydrogen-bond acceptors (Lipinski definition) is 1. The summed E-state index contributed by atoms with van der Waals surface area (Å²) in [5.41, 5.74) is 1.30. The Balaban J connectivity index is 2.31. The largest absolute Gasteiger partial charge is 0.416 e. The van der Waals surface area contributed by atoms with Gasteiger partial charge in [-0.2, -0.15) is 13.2 Å². The Kier molecular flexibility index (Phi) is 3.18. The monoisotopic (exact) mass is 257 g/mol. The third-order valence-corrected chi connectivity index (χ3v) is 3.49. The second-order valence-corrected chi connectivity index (χ2v) is 5.82. The van der Waals surface area contributed by atoms with Crippen LogP contribution in [0.15, 0.2) is 18.2 Å². The average molecular weight is 257 g/mol. The van der Waals surface area contributed by atoms with Gasteiger partial charge in [0.1, 0.15) is 0 Å². The zero-order chi connectivity index (χ0) is 13.6. The zero-order valence-electron chi connectivity index (χ0n) is 10.9. The van der Waals surface area contributed by atoms with Crippen LogP contribution in [-0.4, -0.2) is 17.0 Å². The van der Waals surface area contributed by atoms with Crippen LogP contribution in [0.3, 0.4) is 0 Å². The maximum Gasteiger partial charge on any atom is 0.416 e. The summed E-state index contributed by atoms with van der Waals surface area (Å²) >= 11 is 0. The number of fused-ring (bicyclic) bond motifs is 1. The quantitative estimate of drug-likeness (QED) is 0.682. The second-order valence-electron chi connectivity index (χ2n) is 5.82. The fraction of sp³-hybridized carbons (Fsp3) is 0.571. The number of rotatable bonds is 0. The average Bonchev–Trinajstić information content (AvgIpc) is 2.25. The van der Waals surface area contributed by atoms with E-state index >= 15 is 0 Å². The minimum atomic E-state index is -4.25. The highest BCUT2D eigenvalue weighted by Gasteiger charge is 2.32. The topological polar surface area (TPSA) is 3.24 Å². The molecule has 0 saturated heterocycles. The number of hydrogen-bond donors (Lipinski definition) is 0. The first-order chi connectivity index (χ1) is 8.18. The van der Waals surface area contributed by atoms with Crippen molar-refractivity contribution in [1.82, 2.24) is 4.90 Å². The molecular formula is C14H18F3N. The van der Waals surface area contributed by atoms with Gasteiger partial charge in [0, 0.05) is 18.6 Å². The summed E-state index contributed by atoms with van der Waals surface area (Å²) in [7, 11) is 0. The summed E-state index contributed by atoms with van der Waals surface area (Å²) in [5, 5.41) is 0. The van der Waals surface area contributed by atoms with E-state index in [4.69, 9.17) is 0 Å². The van der Waals surface area contributed by atoms with E-state index in [2.05, 4.69) is 25.7 Å². The normalized spacial score (nSPS) is 17.7. The van der Waals surface area contributed by atoms with E-state index in [9.17, 15) is 13.2 Å². The van der Waals surface area contributed by atoms with Gasteiger partial charge in [-0.3, -0.25) is 4.90 Å². The van der Waals surface area contributed by atoms with Crippen LogP contribution < -0.4 is 0 Å². The van der Waals surface area contributed by atoms with Crippen molar-refractivity contribution in [3.05, 3.63) is 34.9 Å². The van der Waals surface area contributed by atoms with Crippen molar-refractivity contribution >= 4 is 0 Å². The standard InChI is InChI=1S/C14H18F3N/c1-13(2,3)18-7-6-10-4-5-12(14(15,16)17)8-11(10)9-18/h4-5,8H,6-7,9H2,1-3H3. The van der Waals surface area contributed by atoms with E-state index in [1.54, 1.807) is 6.07 Å². The van der Waals surface area contributed by atoms with Crippen molar-refractivity contribution in [3.63, 3.8) is 0 Å². The van der Waals surface area contributed by atoms with Crippen molar-refractivity contribution in [2.45, 2.75) is 45.5 Å². The molecule has 0 unspecified atom stereocenters. The molecular weight excluding hydrogens is 239 g/mol. The summed E-state index contributed by atoms with van der Waals surface area (Å²) in [6.07, 6.45) is -3.43. The van der Waals surface area contributed by atoms with Crippen LogP contribution in [0.5, 0.6) is 0 Å². The highest BCUT2D eigenvalue weighted by Crippen LogP contribution is 2.33. The smallest absolute Gasteiger partial charge is 0.294 e. The van der Waals surface area contributed by atoms with Gasteiger partial charge in [-0.15, -0.1) is 0 Å². The summed E-state index contributed by atoms with van der Waals surface area (Å²) in [6, 6.07) is 4.11. The van der Waals surface area contributed by atoms with Crippen molar-refractivity contribution in [2.75, 3.05) is 6.54 Å². The predicted octanol–water partition coefficient (Wildman–Crippen LogP) is 3.86. The number of halogens is 3. The van der Waals surface area contributed by atoms with Gasteiger partial charge in [0.25, 0.3) is 0 Å². The van der Waals surface area contributed by atoms with Crippen molar-refractivity contribution in [1.29, 1.82) is 0 Å². The van der Waals surface area contributed by atoms with Gasteiger partial charge in [-0.05, 0) is 50.5 Å². The van der Waals surface area contributed by atoms with Gasteiger partial charge < -0.3 is 0 Å². The Morgan fingerprint density at radius 3 is 2.28 bits per heavy atom. The summed E-state index contributed by atoms with van der Waals surface area (Å²) in [4.78, 5) is 2.22. The van der Waals surface area contributed by atoms with Crippen LogP contribution in [-0.2, 0) is 19.1 Å². The predicted molar refractivity (Wildman–Crippen MR) is 65.3 cm³/mol. The van der Waals surface area contributed by atoms with Crippen LogP contribution in [0.25, 0.3) is 0 Å². The molecule has 1 aliphatic rings. The van der Waals surface area contributed by atoms with E-state index in [-0.39, 0.29) is 5.54 Å². The van der Waals surface area contributed by atoms with Gasteiger partial charge in [-0.25, -0.2) is 0 Å². The molecule has 0 fully saturated rings. The Morgan fingerprint density at radius 2 is 1.72 bits per heavy atom. The van der Waals surface area contributed by atoms with Crippen molar-refractivity contribution < 1.29 is 13.2 Å². The van der Waals surface area contributed by atoms with Gasteiger partial charge in [0.15, 0.2) is 0 Å². The molecule has 100 valence electrons. The lowest BCUT2D eigenvalue weighted by Gasteiger charge is -2.39. The molecule has 1 aliphatic heterocycles. The molecule has 1 nitrogen and oxygen atoms in total. The first kappa shape index (κ1) is 13.4. The molecule has 1 aromatic carbocycles. The highest BCUT2D eigenvalue weighted by atomic mass is 19.4. The molecule has 0 atom stereocenters. The molecule has 0 N–H and O–H groups in total. The van der Waals surface area contributed by atoms with E-state index in [0.717, 1.165) is 24.1 Å². The summed E-state index contributed by atoms with van der Waals surface area (Å²) < 4.78 is 38.0. The zero-order valence-corrected chi connectivity index (χ0v) is 10.9. The minimum Gasteiger partial charge on any atom is -0.294 e. The van der Waals surface area contributed by atoms with E-state index in [0.29, 0.717) is 6.54 Å². The molecule has 0 radical (unpaired) electrons. The van der Waals surface area contributed by atoms with Gasteiger partial charge in [-0.1, -0.05) is 6.07 Å². The fourth-order valence-corrected chi connectivity index (χ4v) is 2.31. The lowest BCUT2D eigenvalue weighted by molar-refractivity contribution is -0.137. The lowest BCUT2D eigenvalue weighted by Crippen LogP contribution is -2.44. The minimum absolute atomic E-state index is 0.00801. The van der Waals surface area contributed by atoms with Crippen LogP contribution in [0.1, 0.15) is 37.5 Å². The summed E-state index contributed by atoms with van der Waals surface area (Å²) in [5.74, 6) is 0. The lowest BCUT2D eigenvalue weighted by atomic mass is 9.93. The van der Waals surface area contributed by atoms with Crippen LogP contribution >= 0.6 is 0 Å². The van der Waals surface area contributed by atoms with E-state index < -0.39 is 11.7 Å². The van der Waals surface area contributed by atoms with Crippen molar-refractivity contribution in [3.8, 4) is 0 Å². The molecule has 0 aliphatic carbocycles. The Hall–Kier alpha value is -1.03. The maximum absolute atomic E-state index is 12.7. The third kappa shape index (κ3) is 2.69. The molecule has 1 aromatic rings. The van der Waals surface area contributed by atoms with Crippen LogP contribution in [0, 0.1) is 0 Å². The Bertz CT molecular complexity index is 443. The first-order valence-electron chi connectivity index (χ1n) is 6.12. The number of benzene rings is 1. The SMILES string of the molecule is CC(C)(C)N1CCc2ccc(C(F)(F)F)cc2C1. The maximum atomic E-state index is 12.7. The molecule has 0 spiro atoms. The number of nitrogens with zero attached hydrogens (tertiary/aromatic N) is 1. The molecule has 0 saturated carbocycles.